The number of hydrogen-bond acceptors (Lipinski definition) is 2. The van der Waals surface area contributed by atoms with Crippen LogP contribution in [0.3, 0.4) is 0 Å². The van der Waals surface area contributed by atoms with E-state index in [4.69, 9.17) is 0 Å². The first kappa shape index (κ1) is 44.7. The van der Waals surface area contributed by atoms with Crippen LogP contribution in [-0.4, -0.2) is 6.04 Å². The largest absolute Gasteiger partial charge is 0.379 e. The first-order valence-corrected chi connectivity index (χ1v) is 21.5. The highest BCUT2D eigenvalue weighted by atomic mass is 15.1. The molecule has 0 bridgehead atoms. The Bertz CT molecular complexity index is 2480. The molecule has 1 aliphatic carbocycles. The summed E-state index contributed by atoms with van der Waals surface area (Å²) in [4.78, 5) is 2.35. The highest BCUT2D eigenvalue weighted by molar-refractivity contribution is 5.99. The summed E-state index contributed by atoms with van der Waals surface area (Å²) in [7, 11) is 0. The summed E-state index contributed by atoms with van der Waals surface area (Å²) in [6, 6.07) is 53.7. The fraction of sp³-hybridized carbons (Fsp3) is 0.207. The van der Waals surface area contributed by atoms with Crippen LogP contribution in [0, 0.1) is 5.92 Å². The average Bonchev–Trinajstić information content (AvgIpc) is 3.55. The number of fused-ring (bicyclic) bond motifs is 5. The van der Waals surface area contributed by atoms with E-state index < -0.39 is 0 Å². The van der Waals surface area contributed by atoms with Crippen LogP contribution in [0.25, 0.3) is 32.3 Å². The second-order valence-corrected chi connectivity index (χ2v) is 15.7. The van der Waals surface area contributed by atoms with Crippen LogP contribution in [0.15, 0.2) is 213 Å². The van der Waals surface area contributed by atoms with Gasteiger partial charge in [-0.25, -0.2) is 0 Å². The molecule has 0 saturated carbocycles. The van der Waals surface area contributed by atoms with E-state index in [0.717, 1.165) is 12.8 Å². The zero-order valence-corrected chi connectivity index (χ0v) is 36.9. The van der Waals surface area contributed by atoms with E-state index in [1.165, 1.54) is 71.8 Å². The third-order valence-electron chi connectivity index (χ3n) is 10.5. The first-order valence-electron chi connectivity index (χ1n) is 21.5. The Morgan fingerprint density at radius 2 is 1.25 bits per heavy atom. The lowest BCUT2D eigenvalue weighted by molar-refractivity contribution is 0.817. The van der Waals surface area contributed by atoms with Gasteiger partial charge in [-0.05, 0) is 96.5 Å². The fourth-order valence-corrected chi connectivity index (χ4v) is 7.70. The van der Waals surface area contributed by atoms with Crippen LogP contribution in [0.4, 0.5) is 17.1 Å². The van der Waals surface area contributed by atoms with Gasteiger partial charge in [0, 0.05) is 39.8 Å². The lowest BCUT2D eigenvalue weighted by Gasteiger charge is -2.28. The molecule has 1 aliphatic rings. The molecule has 2 atom stereocenters. The molecule has 0 saturated heterocycles. The zero-order chi connectivity index (χ0) is 42.9. The summed E-state index contributed by atoms with van der Waals surface area (Å²) < 4.78 is 0. The summed E-state index contributed by atoms with van der Waals surface area (Å²) in [6.45, 7) is 22.8. The molecule has 0 aliphatic heterocycles. The molecule has 8 rings (SSSR count). The number of nitrogens with zero attached hydrogens (tertiary/aromatic N) is 1. The number of nitrogens with one attached hydrogen (secondary N) is 1. The molecule has 0 aromatic heterocycles. The van der Waals surface area contributed by atoms with Gasteiger partial charge >= 0.3 is 0 Å². The minimum Gasteiger partial charge on any atom is -0.379 e. The second-order valence-electron chi connectivity index (χ2n) is 15.7. The lowest BCUT2D eigenvalue weighted by atomic mass is 9.96. The van der Waals surface area contributed by atoms with Crippen LogP contribution < -0.4 is 10.2 Å². The smallest absolute Gasteiger partial charge is 0.0536 e. The molecule has 0 heterocycles. The number of allylic oxidation sites excluding steroid dienone is 7. The Hall–Kier alpha value is -6.38. The fourth-order valence-electron chi connectivity index (χ4n) is 7.70. The van der Waals surface area contributed by atoms with Crippen molar-refractivity contribution in [1.82, 2.24) is 0 Å². The van der Waals surface area contributed by atoms with Gasteiger partial charge in [0.2, 0.25) is 0 Å². The van der Waals surface area contributed by atoms with Crippen molar-refractivity contribution in [1.29, 1.82) is 0 Å². The third-order valence-corrected chi connectivity index (χ3v) is 10.5. The predicted octanol–water partition coefficient (Wildman–Crippen LogP) is 16.9. The summed E-state index contributed by atoms with van der Waals surface area (Å²) in [6.07, 6.45) is 14.8. The van der Waals surface area contributed by atoms with Crippen LogP contribution in [0.5, 0.6) is 0 Å². The molecule has 60 heavy (non-hydrogen) atoms. The number of anilines is 3. The molecule has 1 N–H and O–H groups in total. The van der Waals surface area contributed by atoms with Crippen molar-refractivity contribution >= 4 is 49.4 Å². The van der Waals surface area contributed by atoms with Crippen molar-refractivity contribution in [2.45, 2.75) is 73.3 Å². The summed E-state index contributed by atoms with van der Waals surface area (Å²) in [5, 5.41) is 11.5. The molecule has 0 amide bonds. The van der Waals surface area contributed by atoms with E-state index in [9.17, 15) is 0 Å². The highest BCUT2D eigenvalue weighted by Gasteiger charge is 2.25. The van der Waals surface area contributed by atoms with Crippen molar-refractivity contribution in [3.05, 3.63) is 224 Å². The van der Waals surface area contributed by atoms with Crippen molar-refractivity contribution in [3.8, 4) is 0 Å². The summed E-state index contributed by atoms with van der Waals surface area (Å²) in [5.41, 5.74) is 9.11. The molecule has 306 valence electrons. The van der Waals surface area contributed by atoms with Crippen molar-refractivity contribution in [2.24, 2.45) is 5.92 Å². The van der Waals surface area contributed by atoms with Crippen LogP contribution in [-0.2, 0) is 6.42 Å². The maximum atomic E-state index is 4.27. The molecule has 2 nitrogen and oxygen atoms in total. The minimum absolute atomic E-state index is 0.285. The molecule has 0 fully saturated rings. The molecule has 7 aromatic carbocycles. The van der Waals surface area contributed by atoms with Crippen molar-refractivity contribution < 1.29 is 0 Å². The topological polar surface area (TPSA) is 15.3 Å². The second kappa shape index (κ2) is 22.7. The number of rotatable bonds is 9. The van der Waals surface area contributed by atoms with E-state index in [-0.39, 0.29) is 6.04 Å². The van der Waals surface area contributed by atoms with Gasteiger partial charge in [0.15, 0.2) is 0 Å². The van der Waals surface area contributed by atoms with Crippen LogP contribution >= 0.6 is 0 Å². The minimum atomic E-state index is 0.285. The number of para-hydroxylation sites is 1. The highest BCUT2D eigenvalue weighted by Crippen LogP contribution is 2.43. The van der Waals surface area contributed by atoms with E-state index in [1.54, 1.807) is 6.08 Å². The third kappa shape index (κ3) is 11.9. The molecule has 0 radical (unpaired) electrons. The molecule has 7 aromatic rings. The number of hydrogen-bond donors (Lipinski definition) is 1. The van der Waals surface area contributed by atoms with Crippen LogP contribution in [0.2, 0.25) is 0 Å². The lowest BCUT2D eigenvalue weighted by Crippen LogP contribution is -2.15. The standard InChI is InChI=1S/C23H27N.C22H23N.C10H8.C3H6/c1-5-6-7-8-11-17(3)24-23-15-21-18(4)16(2)14-22(21)19-12-9-10-13-20(19)23;1-17(2)16-18(3)23(20-12-5-4-6-13-20)22-15-9-11-19-10-7-8-14-21(19)22;1-2-6-10-8-4-3-7-9(10)5-1;1-3-2/h6-13,15,17-18,24H,2,5,14H2,1,3-4H3;4-17H,1-3H3;1-8H;3H,1H2,2H3/b7-6-,11-8-;18-16+;;. The van der Waals surface area contributed by atoms with Crippen molar-refractivity contribution in [2.75, 3.05) is 10.2 Å². The number of benzene rings is 7. The first-order chi connectivity index (χ1) is 29.2. The van der Waals surface area contributed by atoms with E-state index in [2.05, 4.69) is 247 Å². The van der Waals surface area contributed by atoms with Gasteiger partial charge in [-0.3, -0.25) is 0 Å². The Balaban J connectivity index is 0.000000176. The Labute approximate surface area is 361 Å². The Kier molecular flexibility index (Phi) is 16.9. The van der Waals surface area contributed by atoms with Gasteiger partial charge in [0.1, 0.15) is 0 Å². The van der Waals surface area contributed by atoms with Crippen molar-refractivity contribution in [3.63, 3.8) is 0 Å². The van der Waals surface area contributed by atoms with Gasteiger partial charge in [0.05, 0.1) is 5.69 Å². The van der Waals surface area contributed by atoms with E-state index >= 15 is 0 Å². The summed E-state index contributed by atoms with van der Waals surface area (Å²) in [5.74, 6) is 0.958. The van der Waals surface area contributed by atoms with Gasteiger partial charge < -0.3 is 10.2 Å². The predicted molar refractivity (Wildman–Crippen MR) is 268 cm³/mol. The van der Waals surface area contributed by atoms with Gasteiger partial charge in [0.25, 0.3) is 0 Å². The Morgan fingerprint density at radius 1 is 0.717 bits per heavy atom. The monoisotopic (exact) mass is 789 g/mol. The zero-order valence-electron chi connectivity index (χ0n) is 36.9. The molecule has 2 heteroatoms. The van der Waals surface area contributed by atoms with E-state index in [0.29, 0.717) is 11.8 Å². The maximum absolute atomic E-state index is 4.27. The quantitative estimate of drug-likeness (QED) is 0.116. The average molecular weight is 789 g/mol. The molecular weight excluding hydrogens is 725 g/mol. The normalized spacial score (nSPS) is 13.9. The SMILES string of the molecule is C/C(=C\C(C)C)N(c1ccccc1)c1cccc2ccccc12.C=C1Cc2c(cc(NC(C)/C=C\C=C/CC)c3ccccc23)C1C.C=CC.c1ccc2ccccc2c1. The van der Waals surface area contributed by atoms with Gasteiger partial charge in [-0.1, -0.05) is 204 Å². The van der Waals surface area contributed by atoms with Gasteiger partial charge in [-0.15, -0.1) is 6.58 Å². The van der Waals surface area contributed by atoms with Crippen LogP contribution in [0.1, 0.15) is 71.9 Å². The molecule has 0 spiro atoms. The van der Waals surface area contributed by atoms with E-state index in [1.807, 2.05) is 6.92 Å². The molecule has 2 unspecified atom stereocenters. The molecular formula is C58H64N2. The van der Waals surface area contributed by atoms with Gasteiger partial charge in [-0.2, -0.15) is 0 Å². The summed E-state index contributed by atoms with van der Waals surface area (Å²) >= 11 is 0. The Morgan fingerprint density at radius 3 is 1.85 bits per heavy atom. The maximum Gasteiger partial charge on any atom is 0.0536 e.